The summed E-state index contributed by atoms with van der Waals surface area (Å²) in [6, 6.07) is 2.62. The molecule has 1 aromatic rings. The number of nitrogens with one attached hydrogen (secondary N) is 1. The highest BCUT2D eigenvalue weighted by Gasteiger charge is 2.23. The quantitative estimate of drug-likeness (QED) is 0.854. The first kappa shape index (κ1) is 15.4. The molecular weight excluding hydrogens is 316 g/mol. The zero-order valence-electron chi connectivity index (χ0n) is 11.3. The monoisotopic (exact) mass is 328 g/mol. The maximum Gasteiger partial charge on any atom is 0.339 e. The smallest absolute Gasteiger partial charge is 0.339 e. The highest BCUT2D eigenvalue weighted by molar-refractivity contribution is 7.90. The van der Waals surface area contributed by atoms with Gasteiger partial charge in [-0.1, -0.05) is 11.6 Å². The zero-order valence-corrected chi connectivity index (χ0v) is 12.9. The number of carbonyl (C=O) groups excluding carboxylic acids is 1. The van der Waals surface area contributed by atoms with Gasteiger partial charge in [-0.15, -0.1) is 0 Å². The Kier molecular flexibility index (Phi) is 4.24. The van der Waals surface area contributed by atoms with Crippen LogP contribution in [-0.2, 0) is 14.6 Å². The number of halogens is 1. The number of allylic oxidation sites excluding steroid dienone is 2. The SMILES string of the molecule is COC(=O)c1cc(S(C)(=O)=O)c(N2C=CC=CN2)cc1Cl. The van der Waals surface area contributed by atoms with Gasteiger partial charge in [0.2, 0.25) is 0 Å². The van der Waals surface area contributed by atoms with Gasteiger partial charge >= 0.3 is 5.97 Å². The Labute approximate surface area is 127 Å². The summed E-state index contributed by atoms with van der Waals surface area (Å²) in [7, 11) is -2.37. The Morgan fingerprint density at radius 3 is 2.57 bits per heavy atom. The van der Waals surface area contributed by atoms with Gasteiger partial charge in [-0.25, -0.2) is 13.2 Å². The first-order valence-corrected chi connectivity index (χ1v) is 8.12. The lowest BCUT2D eigenvalue weighted by Crippen LogP contribution is -2.31. The van der Waals surface area contributed by atoms with Crippen LogP contribution in [-0.4, -0.2) is 27.8 Å². The van der Waals surface area contributed by atoms with Crippen LogP contribution in [0, 0.1) is 0 Å². The number of ether oxygens (including phenoxy) is 1. The molecule has 1 aliphatic heterocycles. The number of hydrogen-bond acceptors (Lipinski definition) is 6. The topological polar surface area (TPSA) is 75.7 Å². The van der Waals surface area contributed by atoms with Crippen molar-refractivity contribution < 1.29 is 17.9 Å². The first-order valence-electron chi connectivity index (χ1n) is 5.85. The Balaban J connectivity index is 2.65. The molecule has 1 N–H and O–H groups in total. The summed E-state index contributed by atoms with van der Waals surface area (Å²) >= 11 is 6.05. The highest BCUT2D eigenvalue weighted by atomic mass is 35.5. The minimum atomic E-state index is -3.57. The number of hydrazine groups is 1. The zero-order chi connectivity index (χ0) is 15.6. The number of rotatable bonds is 3. The average molecular weight is 329 g/mol. The van der Waals surface area contributed by atoms with Gasteiger partial charge in [-0.3, -0.25) is 5.01 Å². The predicted molar refractivity (Wildman–Crippen MR) is 79.8 cm³/mol. The van der Waals surface area contributed by atoms with E-state index in [1.54, 1.807) is 24.6 Å². The molecule has 0 aromatic heterocycles. The molecule has 0 aliphatic carbocycles. The second-order valence-corrected chi connectivity index (χ2v) is 6.65. The van der Waals surface area contributed by atoms with E-state index < -0.39 is 15.8 Å². The van der Waals surface area contributed by atoms with E-state index in [2.05, 4.69) is 10.2 Å². The minimum absolute atomic E-state index is 0.000118. The second-order valence-electron chi connectivity index (χ2n) is 4.26. The molecule has 6 nitrogen and oxygen atoms in total. The number of benzene rings is 1. The van der Waals surface area contributed by atoms with Gasteiger partial charge in [-0.2, -0.15) is 0 Å². The fourth-order valence-corrected chi connectivity index (χ4v) is 2.91. The van der Waals surface area contributed by atoms with Crippen molar-refractivity contribution in [1.29, 1.82) is 0 Å². The van der Waals surface area contributed by atoms with Crippen LogP contribution in [0.4, 0.5) is 5.69 Å². The van der Waals surface area contributed by atoms with E-state index in [0.717, 1.165) is 6.26 Å². The van der Waals surface area contributed by atoms with Crippen molar-refractivity contribution in [2.75, 3.05) is 18.4 Å². The van der Waals surface area contributed by atoms with Crippen LogP contribution in [0.5, 0.6) is 0 Å². The van der Waals surface area contributed by atoms with Crippen molar-refractivity contribution in [2.45, 2.75) is 4.90 Å². The van der Waals surface area contributed by atoms with E-state index in [0.29, 0.717) is 5.69 Å². The molecule has 0 bridgehead atoms. The lowest BCUT2D eigenvalue weighted by molar-refractivity contribution is 0.0600. The summed E-state index contributed by atoms with van der Waals surface area (Å²) in [6.07, 6.45) is 7.81. The number of sulfone groups is 1. The lowest BCUT2D eigenvalue weighted by Gasteiger charge is -2.25. The lowest BCUT2D eigenvalue weighted by atomic mass is 10.2. The van der Waals surface area contributed by atoms with E-state index in [1.165, 1.54) is 24.3 Å². The Bertz CT molecular complexity index is 741. The van der Waals surface area contributed by atoms with Crippen molar-refractivity contribution >= 4 is 33.1 Å². The molecule has 1 aliphatic rings. The molecule has 0 radical (unpaired) electrons. The Morgan fingerprint density at radius 2 is 2.05 bits per heavy atom. The van der Waals surface area contributed by atoms with Crippen LogP contribution < -0.4 is 10.4 Å². The fourth-order valence-electron chi connectivity index (χ4n) is 1.80. The van der Waals surface area contributed by atoms with E-state index in [4.69, 9.17) is 11.6 Å². The molecule has 0 saturated heterocycles. The Morgan fingerprint density at radius 1 is 1.33 bits per heavy atom. The maximum atomic E-state index is 12.0. The third-order valence-electron chi connectivity index (χ3n) is 2.77. The van der Waals surface area contributed by atoms with Crippen molar-refractivity contribution in [3.8, 4) is 0 Å². The van der Waals surface area contributed by atoms with Gasteiger partial charge < -0.3 is 10.2 Å². The summed E-state index contributed by atoms with van der Waals surface area (Å²) in [6.45, 7) is 0. The van der Waals surface area contributed by atoms with Crippen molar-refractivity contribution in [3.05, 3.63) is 47.3 Å². The molecule has 0 atom stereocenters. The van der Waals surface area contributed by atoms with Crippen LogP contribution in [0.25, 0.3) is 0 Å². The van der Waals surface area contributed by atoms with Crippen molar-refractivity contribution in [1.82, 2.24) is 5.43 Å². The van der Waals surface area contributed by atoms with Crippen LogP contribution in [0.15, 0.2) is 41.6 Å². The fraction of sp³-hybridized carbons (Fsp3) is 0.154. The molecule has 0 spiro atoms. The third-order valence-corrected chi connectivity index (χ3v) is 4.21. The number of methoxy groups -OCH3 is 1. The van der Waals surface area contributed by atoms with E-state index in [1.807, 2.05) is 0 Å². The standard InChI is InChI=1S/C13H13ClN2O4S/c1-20-13(17)9-7-12(21(2,18)19)11(8-10(9)14)16-6-4-3-5-15-16/h3-8,15H,1-2H3. The summed E-state index contributed by atoms with van der Waals surface area (Å²) in [4.78, 5) is 11.6. The second kappa shape index (κ2) is 5.79. The van der Waals surface area contributed by atoms with Gasteiger partial charge in [0.1, 0.15) is 0 Å². The number of nitrogens with zero attached hydrogens (tertiary/aromatic N) is 1. The van der Waals surface area contributed by atoms with E-state index in [-0.39, 0.29) is 15.5 Å². The summed E-state index contributed by atoms with van der Waals surface area (Å²) in [5.41, 5.74) is 3.18. The first-order chi connectivity index (χ1) is 9.84. The van der Waals surface area contributed by atoms with E-state index in [9.17, 15) is 13.2 Å². The van der Waals surface area contributed by atoms with Gasteiger partial charge in [0, 0.05) is 18.7 Å². The highest BCUT2D eigenvalue weighted by Crippen LogP contribution is 2.32. The molecule has 0 amide bonds. The van der Waals surface area contributed by atoms with Crippen LogP contribution >= 0.6 is 11.6 Å². The summed E-state index contributed by atoms with van der Waals surface area (Å²) < 4.78 is 28.6. The van der Waals surface area contributed by atoms with Gasteiger partial charge in [0.15, 0.2) is 9.84 Å². The van der Waals surface area contributed by atoms with E-state index >= 15 is 0 Å². The largest absolute Gasteiger partial charge is 0.465 e. The Hall–Kier alpha value is -1.99. The number of carbonyl (C=O) groups is 1. The molecular formula is C13H13ClN2O4S. The molecule has 112 valence electrons. The molecule has 0 unspecified atom stereocenters. The number of anilines is 1. The normalized spacial score (nSPS) is 14.0. The van der Waals surface area contributed by atoms with Crippen LogP contribution in [0.1, 0.15) is 10.4 Å². The number of hydrogen-bond donors (Lipinski definition) is 1. The van der Waals surface area contributed by atoms with Crippen molar-refractivity contribution in [2.24, 2.45) is 0 Å². The molecule has 0 saturated carbocycles. The maximum absolute atomic E-state index is 12.0. The third kappa shape index (κ3) is 3.20. The summed E-state index contributed by atoms with van der Waals surface area (Å²) in [5.74, 6) is -0.696. The van der Waals surface area contributed by atoms with Crippen LogP contribution in [0.2, 0.25) is 5.02 Å². The molecule has 2 rings (SSSR count). The molecule has 8 heteroatoms. The molecule has 21 heavy (non-hydrogen) atoms. The molecule has 1 aromatic carbocycles. The number of esters is 1. The van der Waals surface area contributed by atoms with Crippen LogP contribution in [0.3, 0.4) is 0 Å². The minimum Gasteiger partial charge on any atom is -0.465 e. The molecule has 0 fully saturated rings. The van der Waals surface area contributed by atoms with Gasteiger partial charge in [0.05, 0.1) is 28.3 Å². The average Bonchev–Trinajstić information content (AvgIpc) is 2.46. The molecule has 1 heterocycles. The van der Waals surface area contributed by atoms with Crippen molar-refractivity contribution in [3.63, 3.8) is 0 Å². The van der Waals surface area contributed by atoms with Gasteiger partial charge in [0.25, 0.3) is 0 Å². The summed E-state index contributed by atoms with van der Waals surface area (Å²) in [5, 5.41) is 1.59. The predicted octanol–water partition coefficient (Wildman–Crippen LogP) is 1.88. The van der Waals surface area contributed by atoms with Gasteiger partial charge in [-0.05, 0) is 24.3 Å².